The van der Waals surface area contributed by atoms with Gasteiger partial charge in [0.25, 0.3) is 5.91 Å². The number of carbonyl (C=O) groups is 1. The molecule has 1 amide bonds. The maximum Gasteiger partial charge on any atom is 0.260 e. The second-order valence-electron chi connectivity index (χ2n) is 8.90. The highest BCUT2D eigenvalue weighted by Crippen LogP contribution is 2.21. The highest BCUT2D eigenvalue weighted by molar-refractivity contribution is 7.89. The Morgan fingerprint density at radius 3 is 2.66 bits per heavy atom. The number of ether oxygens (including phenoxy) is 2. The summed E-state index contributed by atoms with van der Waals surface area (Å²) in [5.74, 6) is 0.0839. The van der Waals surface area contributed by atoms with E-state index in [1.165, 1.54) is 16.4 Å². The van der Waals surface area contributed by atoms with Crippen molar-refractivity contribution in [2.75, 3.05) is 59.0 Å². The maximum absolute atomic E-state index is 14.0. The molecule has 35 heavy (non-hydrogen) atoms. The molecular formula is C25H32FN3O5S. The third-order valence-electron chi connectivity index (χ3n) is 6.39. The minimum absolute atomic E-state index is 0.00216. The van der Waals surface area contributed by atoms with Gasteiger partial charge in [-0.25, -0.2) is 12.8 Å². The lowest BCUT2D eigenvalue weighted by atomic mass is 10.2. The number of hydrogen-bond acceptors (Lipinski definition) is 6. The van der Waals surface area contributed by atoms with E-state index in [9.17, 15) is 17.6 Å². The highest BCUT2D eigenvalue weighted by Gasteiger charge is 2.32. The van der Waals surface area contributed by atoms with Crippen LogP contribution in [0.25, 0.3) is 0 Å². The van der Waals surface area contributed by atoms with Gasteiger partial charge in [-0.15, -0.1) is 0 Å². The molecule has 0 spiro atoms. The van der Waals surface area contributed by atoms with Crippen molar-refractivity contribution in [3.05, 3.63) is 59.9 Å². The van der Waals surface area contributed by atoms with Gasteiger partial charge in [-0.05, 0) is 49.7 Å². The monoisotopic (exact) mass is 505 g/mol. The van der Waals surface area contributed by atoms with Crippen LogP contribution in [0.1, 0.15) is 12.0 Å². The van der Waals surface area contributed by atoms with Crippen LogP contribution >= 0.6 is 0 Å². The van der Waals surface area contributed by atoms with Crippen molar-refractivity contribution in [2.45, 2.75) is 24.3 Å². The number of sulfonamides is 1. The van der Waals surface area contributed by atoms with E-state index >= 15 is 0 Å². The van der Waals surface area contributed by atoms with Gasteiger partial charge < -0.3 is 14.4 Å². The van der Waals surface area contributed by atoms with Crippen LogP contribution in [0.4, 0.5) is 4.39 Å². The first-order valence-corrected chi connectivity index (χ1v) is 13.3. The maximum atomic E-state index is 14.0. The number of halogens is 1. The Balaban J connectivity index is 1.29. The zero-order valence-corrected chi connectivity index (χ0v) is 20.8. The quantitative estimate of drug-likeness (QED) is 0.574. The summed E-state index contributed by atoms with van der Waals surface area (Å²) in [6, 6.07) is 13.3. The van der Waals surface area contributed by atoms with Crippen LogP contribution in [0.3, 0.4) is 0 Å². The molecule has 190 valence electrons. The molecule has 4 rings (SSSR count). The second kappa shape index (κ2) is 11.5. The van der Waals surface area contributed by atoms with Gasteiger partial charge >= 0.3 is 0 Å². The van der Waals surface area contributed by atoms with Gasteiger partial charge in [-0.1, -0.05) is 24.3 Å². The largest absolute Gasteiger partial charge is 0.484 e. The fourth-order valence-corrected chi connectivity index (χ4v) is 5.82. The van der Waals surface area contributed by atoms with Crippen molar-refractivity contribution in [3.8, 4) is 5.75 Å². The molecule has 10 heteroatoms. The lowest BCUT2D eigenvalue weighted by molar-refractivity contribution is -0.133. The van der Waals surface area contributed by atoms with Crippen molar-refractivity contribution < 1.29 is 27.1 Å². The summed E-state index contributed by atoms with van der Waals surface area (Å²) in [5.41, 5.74) is 0.407. The van der Waals surface area contributed by atoms with E-state index in [4.69, 9.17) is 9.47 Å². The molecule has 2 heterocycles. The predicted molar refractivity (Wildman–Crippen MR) is 129 cm³/mol. The molecule has 0 aliphatic carbocycles. The molecule has 2 fully saturated rings. The fourth-order valence-electron chi connectivity index (χ4n) is 4.35. The molecular weight excluding hydrogens is 473 g/mol. The van der Waals surface area contributed by atoms with Crippen LogP contribution in [-0.2, 0) is 19.6 Å². The van der Waals surface area contributed by atoms with E-state index in [1.54, 1.807) is 6.92 Å². The number of aryl methyl sites for hydroxylation is 1. The Kier molecular flexibility index (Phi) is 8.38. The third-order valence-corrected chi connectivity index (χ3v) is 8.25. The summed E-state index contributed by atoms with van der Waals surface area (Å²) in [5, 5.41) is 0. The Bertz CT molecular complexity index is 1120. The Morgan fingerprint density at radius 2 is 1.89 bits per heavy atom. The minimum atomic E-state index is -3.80. The fraction of sp³-hybridized carbons (Fsp3) is 0.480. The van der Waals surface area contributed by atoms with Crippen LogP contribution in [0.2, 0.25) is 0 Å². The van der Waals surface area contributed by atoms with Crippen molar-refractivity contribution in [2.24, 2.45) is 0 Å². The number of nitrogens with zero attached hydrogens (tertiary/aromatic N) is 3. The second-order valence-corrected chi connectivity index (χ2v) is 10.8. The first-order chi connectivity index (χ1) is 16.8. The van der Waals surface area contributed by atoms with Gasteiger partial charge in [-0.2, -0.15) is 4.31 Å². The number of para-hydroxylation sites is 1. The van der Waals surface area contributed by atoms with Crippen molar-refractivity contribution in [1.29, 1.82) is 0 Å². The van der Waals surface area contributed by atoms with Crippen LogP contribution in [-0.4, -0.2) is 93.6 Å². The molecule has 2 saturated heterocycles. The van der Waals surface area contributed by atoms with E-state index in [2.05, 4.69) is 4.90 Å². The number of benzene rings is 2. The van der Waals surface area contributed by atoms with Gasteiger partial charge in [0.1, 0.15) is 11.6 Å². The number of amides is 1. The first kappa shape index (κ1) is 25.6. The number of morpholine rings is 1. The van der Waals surface area contributed by atoms with Crippen LogP contribution in [0, 0.1) is 12.7 Å². The normalized spacial score (nSPS) is 20.4. The summed E-state index contributed by atoms with van der Waals surface area (Å²) < 4.78 is 52.9. The zero-order valence-electron chi connectivity index (χ0n) is 19.9. The summed E-state index contributed by atoms with van der Waals surface area (Å²) in [6.45, 7) is 5.59. The molecule has 2 aliphatic heterocycles. The number of hydrogen-bond donors (Lipinski definition) is 0. The lowest BCUT2D eigenvalue weighted by Crippen LogP contribution is -2.50. The summed E-state index contributed by atoms with van der Waals surface area (Å²) in [4.78, 5) is 16.6. The Labute approximate surface area is 206 Å². The van der Waals surface area contributed by atoms with E-state index in [0.717, 1.165) is 19.0 Å². The topological polar surface area (TPSA) is 79.4 Å². The molecule has 0 radical (unpaired) electrons. The molecule has 0 bridgehead atoms. The van der Waals surface area contributed by atoms with Crippen LogP contribution in [0.15, 0.2) is 53.4 Å². The Hall–Kier alpha value is -2.53. The van der Waals surface area contributed by atoms with Crippen LogP contribution in [0.5, 0.6) is 5.75 Å². The molecule has 2 aliphatic rings. The minimum Gasteiger partial charge on any atom is -0.484 e. The van der Waals surface area contributed by atoms with E-state index in [-0.39, 0.29) is 43.2 Å². The molecule has 1 unspecified atom stereocenters. The molecule has 2 aromatic carbocycles. The zero-order chi connectivity index (χ0) is 24.8. The SMILES string of the molecule is Cc1ccc(S(=O)(=O)N2CCOC(CN3CCCN(C(=O)COc4ccccc4)CC3)C2)cc1F. The van der Waals surface area contributed by atoms with Crippen molar-refractivity contribution in [1.82, 2.24) is 14.1 Å². The number of carbonyl (C=O) groups excluding carboxylic acids is 1. The van der Waals surface area contributed by atoms with E-state index in [0.29, 0.717) is 37.5 Å². The average molecular weight is 506 g/mol. The lowest BCUT2D eigenvalue weighted by Gasteiger charge is -2.34. The predicted octanol–water partition coefficient (Wildman–Crippen LogP) is 2.14. The standard InChI is InChI=1S/C25H32FN3O5S/c1-20-8-9-23(16-24(20)26)35(31,32)29-14-15-33-22(18-29)17-27-10-5-11-28(13-12-27)25(30)19-34-21-6-3-2-4-7-21/h2-4,6-9,16,22H,5,10-15,17-19H2,1H3. The number of rotatable bonds is 7. The Morgan fingerprint density at radius 1 is 1.09 bits per heavy atom. The third kappa shape index (κ3) is 6.58. The van der Waals surface area contributed by atoms with Crippen molar-refractivity contribution in [3.63, 3.8) is 0 Å². The van der Waals surface area contributed by atoms with Gasteiger partial charge in [0.05, 0.1) is 17.6 Å². The van der Waals surface area contributed by atoms with Gasteiger partial charge in [-0.3, -0.25) is 9.69 Å². The van der Waals surface area contributed by atoms with E-state index in [1.807, 2.05) is 35.2 Å². The van der Waals surface area contributed by atoms with Crippen LogP contribution < -0.4 is 4.74 Å². The molecule has 0 N–H and O–H groups in total. The summed E-state index contributed by atoms with van der Waals surface area (Å²) in [6.07, 6.45) is 0.520. The molecule has 2 aromatic rings. The van der Waals surface area contributed by atoms with Crippen molar-refractivity contribution >= 4 is 15.9 Å². The summed E-state index contributed by atoms with van der Waals surface area (Å²) >= 11 is 0. The van der Waals surface area contributed by atoms with E-state index < -0.39 is 15.8 Å². The first-order valence-electron chi connectivity index (χ1n) is 11.9. The molecule has 0 aromatic heterocycles. The molecule has 1 atom stereocenters. The summed E-state index contributed by atoms with van der Waals surface area (Å²) in [7, 11) is -3.80. The van der Waals surface area contributed by atoms with Gasteiger partial charge in [0.15, 0.2) is 6.61 Å². The molecule has 8 nitrogen and oxygen atoms in total. The van der Waals surface area contributed by atoms with Gasteiger partial charge in [0.2, 0.25) is 10.0 Å². The van der Waals surface area contributed by atoms with Gasteiger partial charge in [0, 0.05) is 39.3 Å². The smallest absolute Gasteiger partial charge is 0.260 e. The highest BCUT2D eigenvalue weighted by atomic mass is 32.2. The average Bonchev–Trinajstić information content (AvgIpc) is 3.10. The molecule has 0 saturated carbocycles.